The molecule has 0 atom stereocenters. The molecule has 8 heteroatoms. The number of ether oxygens (including phenoxy) is 2. The van der Waals surface area contributed by atoms with Crippen molar-refractivity contribution in [3.05, 3.63) is 66.0 Å². The third-order valence-electron chi connectivity index (χ3n) is 3.52. The van der Waals surface area contributed by atoms with Gasteiger partial charge in [0.15, 0.2) is 11.6 Å². The number of carbonyl (C=O) groups is 1. The first-order valence-corrected chi connectivity index (χ1v) is 8.06. The van der Waals surface area contributed by atoms with Crippen LogP contribution in [0.25, 0.3) is 0 Å². The van der Waals surface area contributed by atoms with Crippen LogP contribution in [0.3, 0.4) is 0 Å². The molecule has 2 aromatic heterocycles. The highest BCUT2D eigenvalue weighted by molar-refractivity contribution is 5.77. The summed E-state index contributed by atoms with van der Waals surface area (Å²) in [5, 5.41) is 9.60. The number of rotatable bonds is 8. The lowest BCUT2D eigenvalue weighted by Gasteiger charge is -2.04. The third-order valence-corrected chi connectivity index (χ3v) is 3.52. The summed E-state index contributed by atoms with van der Waals surface area (Å²) in [4.78, 5) is 20.4. The van der Waals surface area contributed by atoms with Gasteiger partial charge in [0.1, 0.15) is 18.1 Å². The number of carbonyl (C=O) groups excluding carboxylic acids is 1. The maximum Gasteiger partial charge on any atom is 0.228 e. The van der Waals surface area contributed by atoms with Gasteiger partial charge in [-0.15, -0.1) is 0 Å². The number of H-pyrrole nitrogens is 1. The van der Waals surface area contributed by atoms with Crippen molar-refractivity contribution in [3.8, 4) is 11.5 Å². The number of nitrogens with zero attached hydrogens (tertiary/aromatic N) is 3. The number of amides is 1. The zero-order valence-corrected chi connectivity index (χ0v) is 14.3. The van der Waals surface area contributed by atoms with E-state index in [2.05, 4.69) is 25.5 Å². The van der Waals surface area contributed by atoms with E-state index in [9.17, 15) is 4.79 Å². The summed E-state index contributed by atoms with van der Waals surface area (Å²) in [6.07, 6.45) is 1.78. The standard InChI is InChI=1S/C18H19N5O3/c1-25-14-5-7-15(8-6-14)26-12-17-21-16(22-23-17)10-18(24)20-11-13-4-2-3-9-19-13/h2-9H,10-12H2,1H3,(H,20,24)(H,21,22,23). The molecular weight excluding hydrogens is 334 g/mol. The minimum Gasteiger partial charge on any atom is -0.497 e. The number of benzene rings is 1. The largest absolute Gasteiger partial charge is 0.497 e. The van der Waals surface area contributed by atoms with Crippen LogP contribution in [-0.2, 0) is 24.4 Å². The molecule has 0 aliphatic carbocycles. The molecule has 134 valence electrons. The molecule has 0 saturated carbocycles. The van der Waals surface area contributed by atoms with Gasteiger partial charge in [0.05, 0.1) is 25.8 Å². The molecule has 2 N–H and O–H groups in total. The van der Waals surface area contributed by atoms with Crippen LogP contribution < -0.4 is 14.8 Å². The normalized spacial score (nSPS) is 10.3. The minimum atomic E-state index is -0.169. The Bertz CT molecular complexity index is 834. The number of methoxy groups -OCH3 is 1. The summed E-state index contributed by atoms with van der Waals surface area (Å²) >= 11 is 0. The van der Waals surface area contributed by atoms with E-state index in [0.717, 1.165) is 11.4 Å². The maximum atomic E-state index is 12.0. The first kappa shape index (κ1) is 17.4. The Hall–Kier alpha value is -3.42. The zero-order chi connectivity index (χ0) is 18.2. The Balaban J connectivity index is 1.45. The molecule has 0 aliphatic rings. The maximum absolute atomic E-state index is 12.0. The Morgan fingerprint density at radius 2 is 1.96 bits per heavy atom. The molecular formula is C18H19N5O3. The highest BCUT2D eigenvalue weighted by atomic mass is 16.5. The smallest absolute Gasteiger partial charge is 0.228 e. The molecule has 0 saturated heterocycles. The van der Waals surface area contributed by atoms with Crippen LogP contribution in [0.5, 0.6) is 11.5 Å². The lowest BCUT2D eigenvalue weighted by atomic mass is 10.3. The molecule has 8 nitrogen and oxygen atoms in total. The van der Waals surface area contributed by atoms with Gasteiger partial charge < -0.3 is 14.8 Å². The van der Waals surface area contributed by atoms with Crippen molar-refractivity contribution in [2.45, 2.75) is 19.6 Å². The minimum absolute atomic E-state index is 0.0892. The second kappa shape index (κ2) is 8.61. The number of nitrogens with one attached hydrogen (secondary N) is 2. The number of hydrogen-bond acceptors (Lipinski definition) is 6. The highest BCUT2D eigenvalue weighted by Gasteiger charge is 2.09. The molecule has 3 aromatic rings. The summed E-state index contributed by atoms with van der Waals surface area (Å²) in [6, 6.07) is 12.8. The number of aromatic amines is 1. The Kier molecular flexibility index (Phi) is 5.76. The lowest BCUT2D eigenvalue weighted by Crippen LogP contribution is -2.25. The summed E-state index contributed by atoms with van der Waals surface area (Å²) in [5.74, 6) is 2.25. The Labute approximate surface area is 150 Å². The van der Waals surface area contributed by atoms with E-state index in [1.165, 1.54) is 0 Å². The van der Waals surface area contributed by atoms with E-state index in [1.807, 2.05) is 30.3 Å². The zero-order valence-electron chi connectivity index (χ0n) is 14.3. The average Bonchev–Trinajstić information content (AvgIpc) is 3.13. The van der Waals surface area contributed by atoms with E-state index < -0.39 is 0 Å². The number of pyridine rings is 1. The van der Waals surface area contributed by atoms with Crippen molar-refractivity contribution in [2.75, 3.05) is 7.11 Å². The second-order valence-electron chi connectivity index (χ2n) is 5.44. The Morgan fingerprint density at radius 3 is 2.69 bits per heavy atom. The van der Waals surface area contributed by atoms with Crippen molar-refractivity contribution in [1.29, 1.82) is 0 Å². The van der Waals surface area contributed by atoms with Gasteiger partial charge in [0.25, 0.3) is 0 Å². The fourth-order valence-corrected chi connectivity index (χ4v) is 2.20. The summed E-state index contributed by atoms with van der Waals surface area (Å²) < 4.78 is 10.7. The van der Waals surface area contributed by atoms with Crippen LogP contribution >= 0.6 is 0 Å². The molecule has 0 bridgehead atoms. The first-order chi connectivity index (χ1) is 12.7. The lowest BCUT2D eigenvalue weighted by molar-refractivity contribution is -0.120. The van der Waals surface area contributed by atoms with Gasteiger partial charge in [0, 0.05) is 6.20 Å². The topological polar surface area (TPSA) is 102 Å². The molecule has 0 spiro atoms. The SMILES string of the molecule is COc1ccc(OCc2nc(CC(=O)NCc3ccccn3)n[nH]2)cc1. The first-order valence-electron chi connectivity index (χ1n) is 8.06. The van der Waals surface area contributed by atoms with Gasteiger partial charge in [-0.25, -0.2) is 4.98 Å². The van der Waals surface area contributed by atoms with Gasteiger partial charge in [-0.1, -0.05) is 6.07 Å². The third kappa shape index (κ3) is 5.04. The van der Waals surface area contributed by atoms with Crippen LogP contribution in [0.4, 0.5) is 0 Å². The fourth-order valence-electron chi connectivity index (χ4n) is 2.20. The monoisotopic (exact) mass is 353 g/mol. The molecule has 2 heterocycles. The molecule has 26 heavy (non-hydrogen) atoms. The van der Waals surface area contributed by atoms with Crippen LogP contribution in [0.2, 0.25) is 0 Å². The van der Waals surface area contributed by atoms with Crippen molar-refractivity contribution in [2.24, 2.45) is 0 Å². The summed E-state index contributed by atoms with van der Waals surface area (Å²) in [7, 11) is 1.61. The highest BCUT2D eigenvalue weighted by Crippen LogP contribution is 2.17. The molecule has 3 rings (SSSR count). The van der Waals surface area contributed by atoms with Crippen LogP contribution in [0, 0.1) is 0 Å². The van der Waals surface area contributed by atoms with E-state index in [1.54, 1.807) is 25.4 Å². The van der Waals surface area contributed by atoms with E-state index in [0.29, 0.717) is 23.9 Å². The van der Waals surface area contributed by atoms with Gasteiger partial charge in [-0.2, -0.15) is 5.10 Å². The van der Waals surface area contributed by atoms with E-state index in [-0.39, 0.29) is 18.9 Å². The van der Waals surface area contributed by atoms with E-state index >= 15 is 0 Å². The molecule has 1 aromatic carbocycles. The van der Waals surface area contributed by atoms with Crippen LogP contribution in [0.15, 0.2) is 48.7 Å². The quantitative estimate of drug-likeness (QED) is 0.638. The van der Waals surface area contributed by atoms with Gasteiger partial charge in [-0.05, 0) is 36.4 Å². The van der Waals surface area contributed by atoms with Crippen LogP contribution in [0.1, 0.15) is 17.3 Å². The summed E-state index contributed by atoms with van der Waals surface area (Å²) in [6.45, 7) is 0.604. The van der Waals surface area contributed by atoms with E-state index in [4.69, 9.17) is 9.47 Å². The second-order valence-corrected chi connectivity index (χ2v) is 5.44. The molecule has 1 amide bonds. The number of aromatic nitrogens is 4. The molecule has 0 fully saturated rings. The summed E-state index contributed by atoms with van der Waals surface area (Å²) in [5.41, 5.74) is 0.796. The number of hydrogen-bond donors (Lipinski definition) is 2. The van der Waals surface area contributed by atoms with Crippen molar-refractivity contribution in [3.63, 3.8) is 0 Å². The average molecular weight is 353 g/mol. The predicted molar refractivity (Wildman–Crippen MR) is 93.5 cm³/mol. The van der Waals surface area contributed by atoms with Gasteiger partial charge >= 0.3 is 0 Å². The van der Waals surface area contributed by atoms with Crippen molar-refractivity contribution < 1.29 is 14.3 Å². The van der Waals surface area contributed by atoms with Crippen molar-refractivity contribution in [1.82, 2.24) is 25.5 Å². The predicted octanol–water partition coefficient (Wildman–Crippen LogP) is 1.65. The Morgan fingerprint density at radius 1 is 1.15 bits per heavy atom. The van der Waals surface area contributed by atoms with Gasteiger partial charge in [0.2, 0.25) is 5.91 Å². The molecule has 0 unspecified atom stereocenters. The molecule has 0 aliphatic heterocycles. The van der Waals surface area contributed by atoms with Crippen molar-refractivity contribution >= 4 is 5.91 Å². The van der Waals surface area contributed by atoms with Gasteiger partial charge in [-0.3, -0.25) is 14.9 Å². The fraction of sp³-hybridized carbons (Fsp3) is 0.222. The van der Waals surface area contributed by atoms with Crippen LogP contribution in [-0.4, -0.2) is 33.2 Å². The molecule has 0 radical (unpaired) electrons.